The first-order chi connectivity index (χ1) is 11.1. The van der Waals surface area contributed by atoms with Gasteiger partial charge in [0.05, 0.1) is 6.26 Å². The molecule has 0 bridgehead atoms. The van der Waals surface area contributed by atoms with Crippen LogP contribution >= 0.6 is 0 Å². The van der Waals surface area contributed by atoms with Gasteiger partial charge in [-0.1, -0.05) is 45.9 Å². The zero-order chi connectivity index (χ0) is 18.1. The van der Waals surface area contributed by atoms with Crippen LogP contribution in [-0.2, 0) is 14.8 Å². The Bertz CT molecular complexity index is 685. The van der Waals surface area contributed by atoms with Crippen molar-refractivity contribution in [3.05, 3.63) is 29.3 Å². The number of anilines is 1. The summed E-state index contributed by atoms with van der Waals surface area (Å²) in [6.07, 6.45) is 2.45. The lowest BCUT2D eigenvalue weighted by atomic mass is 9.92. The standard InChI is InChI=1S/C18H28N2O3S/c1-12(2)14-8-6-9-15(13(3)4)17(14)19-18(21)16-10-7-11-20(16)24(5,22)23/h6,8-9,12-13,16H,7,10-11H2,1-5H3,(H,19,21)/t16-/m0/s1. The Balaban J connectivity index is 2.35. The molecule has 0 radical (unpaired) electrons. The van der Waals surface area contributed by atoms with E-state index in [1.807, 2.05) is 18.2 Å². The first-order valence-corrected chi connectivity index (χ1v) is 10.4. The van der Waals surface area contributed by atoms with Crippen LogP contribution in [0.5, 0.6) is 0 Å². The molecule has 1 aliphatic rings. The van der Waals surface area contributed by atoms with Crippen LogP contribution in [0.25, 0.3) is 0 Å². The predicted molar refractivity (Wildman–Crippen MR) is 97.8 cm³/mol. The minimum absolute atomic E-state index is 0.229. The first kappa shape index (κ1) is 18.9. The van der Waals surface area contributed by atoms with E-state index in [4.69, 9.17) is 0 Å². The lowest BCUT2D eigenvalue weighted by molar-refractivity contribution is -0.119. The van der Waals surface area contributed by atoms with Crippen LogP contribution in [0, 0.1) is 0 Å². The minimum Gasteiger partial charge on any atom is -0.324 e. The normalized spacial score (nSPS) is 19.2. The maximum absolute atomic E-state index is 12.8. The summed E-state index contributed by atoms with van der Waals surface area (Å²) in [7, 11) is -3.37. The molecule has 1 saturated heterocycles. The molecule has 0 aliphatic carbocycles. The van der Waals surface area contributed by atoms with Crippen molar-refractivity contribution in [2.75, 3.05) is 18.1 Å². The van der Waals surface area contributed by atoms with E-state index in [1.165, 1.54) is 10.6 Å². The summed E-state index contributed by atoms with van der Waals surface area (Å²) in [6, 6.07) is 5.45. The van der Waals surface area contributed by atoms with Gasteiger partial charge in [-0.3, -0.25) is 4.79 Å². The van der Waals surface area contributed by atoms with E-state index in [-0.39, 0.29) is 17.7 Å². The quantitative estimate of drug-likeness (QED) is 0.884. The fraction of sp³-hybridized carbons (Fsp3) is 0.611. The number of benzene rings is 1. The van der Waals surface area contributed by atoms with Crippen molar-refractivity contribution in [2.24, 2.45) is 0 Å². The second-order valence-electron chi connectivity index (χ2n) is 7.14. The van der Waals surface area contributed by atoms with Gasteiger partial charge >= 0.3 is 0 Å². The van der Waals surface area contributed by atoms with Crippen molar-refractivity contribution >= 4 is 21.6 Å². The minimum atomic E-state index is -3.37. The number of para-hydroxylation sites is 1. The van der Waals surface area contributed by atoms with E-state index in [9.17, 15) is 13.2 Å². The van der Waals surface area contributed by atoms with Gasteiger partial charge in [0.2, 0.25) is 15.9 Å². The van der Waals surface area contributed by atoms with Crippen LogP contribution in [0.1, 0.15) is 63.5 Å². The van der Waals surface area contributed by atoms with Crippen molar-refractivity contribution in [3.63, 3.8) is 0 Å². The molecule has 2 rings (SSSR count). The maximum Gasteiger partial charge on any atom is 0.242 e. The lowest BCUT2D eigenvalue weighted by Crippen LogP contribution is -2.42. The van der Waals surface area contributed by atoms with Crippen molar-refractivity contribution in [1.29, 1.82) is 0 Å². The second kappa shape index (κ2) is 7.23. The summed E-state index contributed by atoms with van der Waals surface area (Å²) in [6.45, 7) is 8.78. The molecule has 0 saturated carbocycles. The number of carbonyl (C=O) groups excluding carboxylic acids is 1. The molecule has 134 valence electrons. The van der Waals surface area contributed by atoms with Gasteiger partial charge in [-0.2, -0.15) is 4.31 Å². The topological polar surface area (TPSA) is 66.5 Å². The summed E-state index contributed by atoms with van der Waals surface area (Å²) in [5.41, 5.74) is 3.00. The number of nitrogens with one attached hydrogen (secondary N) is 1. The molecule has 5 nitrogen and oxygen atoms in total. The summed E-state index contributed by atoms with van der Waals surface area (Å²) in [4.78, 5) is 12.8. The molecule has 1 atom stereocenters. The third-order valence-electron chi connectivity index (χ3n) is 4.55. The highest BCUT2D eigenvalue weighted by Gasteiger charge is 2.36. The van der Waals surface area contributed by atoms with Crippen molar-refractivity contribution in [2.45, 2.75) is 58.4 Å². The maximum atomic E-state index is 12.8. The van der Waals surface area contributed by atoms with Gasteiger partial charge in [-0.15, -0.1) is 0 Å². The highest BCUT2D eigenvalue weighted by molar-refractivity contribution is 7.88. The number of amides is 1. The molecular formula is C18H28N2O3S. The molecule has 1 amide bonds. The molecule has 1 aromatic rings. The summed E-state index contributed by atoms with van der Waals surface area (Å²) in [5, 5.41) is 3.04. The smallest absolute Gasteiger partial charge is 0.242 e. The molecule has 1 N–H and O–H groups in total. The highest BCUT2D eigenvalue weighted by Crippen LogP contribution is 2.33. The Morgan fingerprint density at radius 1 is 1.17 bits per heavy atom. The fourth-order valence-electron chi connectivity index (χ4n) is 3.30. The number of nitrogens with zero attached hydrogens (tertiary/aromatic N) is 1. The van der Waals surface area contributed by atoms with Gasteiger partial charge in [-0.05, 0) is 35.8 Å². The number of hydrogen-bond acceptors (Lipinski definition) is 3. The molecule has 1 fully saturated rings. The number of rotatable bonds is 5. The summed E-state index contributed by atoms with van der Waals surface area (Å²) >= 11 is 0. The van der Waals surface area contributed by atoms with Crippen LogP contribution in [0.15, 0.2) is 18.2 Å². The van der Waals surface area contributed by atoms with Crippen molar-refractivity contribution < 1.29 is 13.2 Å². The molecule has 1 heterocycles. The zero-order valence-corrected chi connectivity index (χ0v) is 16.0. The van der Waals surface area contributed by atoms with Gasteiger partial charge in [0, 0.05) is 12.2 Å². The molecule has 24 heavy (non-hydrogen) atoms. The van der Waals surface area contributed by atoms with Crippen molar-refractivity contribution in [3.8, 4) is 0 Å². The highest BCUT2D eigenvalue weighted by atomic mass is 32.2. The predicted octanol–water partition coefficient (Wildman–Crippen LogP) is 3.30. The van der Waals surface area contributed by atoms with Crippen LogP contribution in [0.3, 0.4) is 0 Å². The van der Waals surface area contributed by atoms with E-state index >= 15 is 0 Å². The Kier molecular flexibility index (Phi) is 5.71. The Morgan fingerprint density at radius 2 is 1.71 bits per heavy atom. The summed E-state index contributed by atoms with van der Waals surface area (Å²) < 4.78 is 25.1. The van der Waals surface area contributed by atoms with Crippen LogP contribution in [0.4, 0.5) is 5.69 Å². The molecule has 1 aliphatic heterocycles. The lowest BCUT2D eigenvalue weighted by Gasteiger charge is -2.24. The van der Waals surface area contributed by atoms with Crippen LogP contribution in [0.2, 0.25) is 0 Å². The number of carbonyl (C=O) groups is 1. The zero-order valence-electron chi connectivity index (χ0n) is 15.2. The van der Waals surface area contributed by atoms with E-state index in [0.29, 0.717) is 19.4 Å². The van der Waals surface area contributed by atoms with Crippen LogP contribution < -0.4 is 5.32 Å². The van der Waals surface area contributed by atoms with Gasteiger partial charge in [0.1, 0.15) is 6.04 Å². The molecule has 1 aromatic carbocycles. The number of hydrogen-bond donors (Lipinski definition) is 1. The fourth-order valence-corrected chi connectivity index (χ4v) is 4.43. The van der Waals surface area contributed by atoms with E-state index in [0.717, 1.165) is 16.8 Å². The van der Waals surface area contributed by atoms with Crippen molar-refractivity contribution in [1.82, 2.24) is 4.31 Å². The average molecular weight is 353 g/mol. The Hall–Kier alpha value is -1.40. The van der Waals surface area contributed by atoms with Gasteiger partial charge in [-0.25, -0.2) is 8.42 Å². The van der Waals surface area contributed by atoms with Crippen LogP contribution in [-0.4, -0.2) is 37.5 Å². The first-order valence-electron chi connectivity index (χ1n) is 8.53. The van der Waals surface area contributed by atoms with E-state index in [1.54, 1.807) is 0 Å². The molecule has 0 spiro atoms. The molecular weight excluding hydrogens is 324 g/mol. The molecule has 0 unspecified atom stereocenters. The second-order valence-corrected chi connectivity index (χ2v) is 9.08. The average Bonchev–Trinajstić information content (AvgIpc) is 2.96. The molecule has 6 heteroatoms. The third kappa shape index (κ3) is 3.98. The largest absolute Gasteiger partial charge is 0.324 e. The van der Waals surface area contributed by atoms with Gasteiger partial charge < -0.3 is 5.32 Å². The monoisotopic (exact) mass is 352 g/mol. The Labute approximate surface area is 145 Å². The summed E-state index contributed by atoms with van der Waals surface area (Å²) in [5.74, 6) is 0.315. The van der Waals surface area contributed by atoms with Gasteiger partial charge in [0.25, 0.3) is 0 Å². The van der Waals surface area contributed by atoms with E-state index < -0.39 is 16.1 Å². The van der Waals surface area contributed by atoms with Gasteiger partial charge in [0.15, 0.2) is 0 Å². The SMILES string of the molecule is CC(C)c1cccc(C(C)C)c1NC(=O)[C@@H]1CCCN1S(C)(=O)=O. The molecule has 0 aromatic heterocycles. The number of sulfonamides is 1. The van der Waals surface area contributed by atoms with E-state index in [2.05, 4.69) is 33.0 Å². The Morgan fingerprint density at radius 3 is 2.17 bits per heavy atom. The third-order valence-corrected chi connectivity index (χ3v) is 5.84.